The number of tetrazole rings is 1. The third-order valence-electron chi connectivity index (χ3n) is 4.45. The maximum atomic E-state index is 12.1. The van der Waals surface area contributed by atoms with Gasteiger partial charge in [0.25, 0.3) is 0 Å². The van der Waals surface area contributed by atoms with Crippen LogP contribution in [0.3, 0.4) is 0 Å². The number of nitrogens with one attached hydrogen (secondary N) is 2. The van der Waals surface area contributed by atoms with Gasteiger partial charge in [-0.05, 0) is 67.2 Å². The molecule has 1 fully saturated rings. The molecule has 2 amide bonds. The summed E-state index contributed by atoms with van der Waals surface area (Å²) in [4.78, 5) is 12.1. The molecular formula is C17H24N6O. The molecule has 24 heavy (non-hydrogen) atoms. The standard InChI is InChI=1S/C17H24N6O/c1-11-5-4-6-12(2)15(11)9-10-18-17(24)19-13(3)16-20-21-22-23(16)14-7-8-14/h4-6,13-14H,7-10H2,1-3H3,(H2,18,19,24)/t13-/m0/s1. The minimum Gasteiger partial charge on any atom is -0.338 e. The molecule has 0 saturated heterocycles. The molecule has 1 heterocycles. The number of benzene rings is 1. The second-order valence-corrected chi connectivity index (χ2v) is 6.46. The van der Waals surface area contributed by atoms with Gasteiger partial charge >= 0.3 is 6.03 Å². The molecular weight excluding hydrogens is 304 g/mol. The lowest BCUT2D eigenvalue weighted by Crippen LogP contribution is -2.39. The lowest BCUT2D eigenvalue weighted by molar-refractivity contribution is 0.237. The molecule has 128 valence electrons. The molecule has 0 bridgehead atoms. The Kier molecular flexibility index (Phi) is 4.78. The van der Waals surface area contributed by atoms with Gasteiger partial charge in [0.05, 0.1) is 12.1 Å². The van der Waals surface area contributed by atoms with E-state index in [1.165, 1.54) is 16.7 Å². The van der Waals surface area contributed by atoms with Gasteiger partial charge in [0.1, 0.15) is 0 Å². The summed E-state index contributed by atoms with van der Waals surface area (Å²) in [5.41, 5.74) is 3.81. The topological polar surface area (TPSA) is 84.7 Å². The number of amides is 2. The molecule has 1 aromatic carbocycles. The number of carbonyl (C=O) groups excluding carboxylic acids is 1. The van der Waals surface area contributed by atoms with Gasteiger partial charge in [0.2, 0.25) is 0 Å². The zero-order valence-electron chi connectivity index (χ0n) is 14.4. The highest BCUT2D eigenvalue weighted by atomic mass is 16.2. The average Bonchev–Trinajstić information content (AvgIpc) is 3.26. The zero-order valence-corrected chi connectivity index (χ0v) is 14.4. The van der Waals surface area contributed by atoms with E-state index in [2.05, 4.69) is 58.2 Å². The summed E-state index contributed by atoms with van der Waals surface area (Å²) in [6.45, 7) is 6.69. The molecule has 2 N–H and O–H groups in total. The first kappa shape index (κ1) is 16.4. The Labute approximate surface area is 141 Å². The third-order valence-corrected chi connectivity index (χ3v) is 4.45. The monoisotopic (exact) mass is 328 g/mol. The first-order valence-electron chi connectivity index (χ1n) is 8.43. The summed E-state index contributed by atoms with van der Waals surface area (Å²) in [5.74, 6) is 0.711. The summed E-state index contributed by atoms with van der Waals surface area (Å²) in [7, 11) is 0. The Morgan fingerprint density at radius 3 is 2.71 bits per heavy atom. The van der Waals surface area contributed by atoms with Gasteiger partial charge in [0, 0.05) is 6.54 Å². The molecule has 7 nitrogen and oxygen atoms in total. The number of hydrogen-bond donors (Lipinski definition) is 2. The molecule has 3 rings (SSSR count). The number of rotatable bonds is 6. The molecule has 1 aliphatic rings. The van der Waals surface area contributed by atoms with Crippen LogP contribution < -0.4 is 10.6 Å². The van der Waals surface area contributed by atoms with E-state index in [1.54, 1.807) is 0 Å². The summed E-state index contributed by atoms with van der Waals surface area (Å²) < 4.78 is 1.82. The van der Waals surface area contributed by atoms with Crippen LogP contribution in [0.5, 0.6) is 0 Å². The van der Waals surface area contributed by atoms with Crippen molar-refractivity contribution in [1.29, 1.82) is 0 Å². The van der Waals surface area contributed by atoms with Gasteiger partial charge in [-0.25, -0.2) is 9.48 Å². The van der Waals surface area contributed by atoms with Crippen molar-refractivity contribution in [3.05, 3.63) is 40.7 Å². The number of aromatic nitrogens is 4. The summed E-state index contributed by atoms with van der Waals surface area (Å²) in [5, 5.41) is 17.6. The van der Waals surface area contributed by atoms with Crippen LogP contribution in [0.4, 0.5) is 4.79 Å². The minimum atomic E-state index is -0.221. The van der Waals surface area contributed by atoms with Crippen LogP contribution in [-0.2, 0) is 6.42 Å². The third kappa shape index (κ3) is 3.72. The highest BCUT2D eigenvalue weighted by molar-refractivity contribution is 5.74. The molecule has 1 atom stereocenters. The van der Waals surface area contributed by atoms with Gasteiger partial charge in [-0.1, -0.05) is 18.2 Å². The van der Waals surface area contributed by atoms with Crippen LogP contribution in [0.1, 0.15) is 54.4 Å². The lowest BCUT2D eigenvalue weighted by atomic mass is 10.0. The Bertz CT molecular complexity index is 701. The molecule has 0 unspecified atom stereocenters. The summed E-state index contributed by atoms with van der Waals surface area (Å²) in [6.07, 6.45) is 3.03. The van der Waals surface area contributed by atoms with Gasteiger partial charge in [0.15, 0.2) is 5.82 Å². The van der Waals surface area contributed by atoms with E-state index in [-0.39, 0.29) is 12.1 Å². The number of carbonyl (C=O) groups is 1. The number of hydrogen-bond acceptors (Lipinski definition) is 4. The smallest absolute Gasteiger partial charge is 0.315 e. The van der Waals surface area contributed by atoms with Crippen molar-refractivity contribution >= 4 is 6.03 Å². The average molecular weight is 328 g/mol. The summed E-state index contributed by atoms with van der Waals surface area (Å²) in [6, 6.07) is 6.23. The van der Waals surface area contributed by atoms with Gasteiger partial charge in [-0.3, -0.25) is 0 Å². The van der Waals surface area contributed by atoms with E-state index in [9.17, 15) is 4.79 Å². The van der Waals surface area contributed by atoms with E-state index in [0.717, 1.165) is 19.3 Å². The molecule has 0 radical (unpaired) electrons. The molecule has 0 aliphatic heterocycles. The van der Waals surface area contributed by atoms with Crippen molar-refractivity contribution in [3.63, 3.8) is 0 Å². The highest BCUT2D eigenvalue weighted by Gasteiger charge is 2.29. The van der Waals surface area contributed by atoms with E-state index >= 15 is 0 Å². The Morgan fingerprint density at radius 1 is 1.33 bits per heavy atom. The van der Waals surface area contributed by atoms with Crippen LogP contribution in [0.15, 0.2) is 18.2 Å². The van der Waals surface area contributed by atoms with Crippen molar-refractivity contribution in [3.8, 4) is 0 Å². The van der Waals surface area contributed by atoms with Crippen LogP contribution in [0, 0.1) is 13.8 Å². The summed E-state index contributed by atoms with van der Waals surface area (Å²) >= 11 is 0. The van der Waals surface area contributed by atoms with E-state index in [0.29, 0.717) is 18.4 Å². The van der Waals surface area contributed by atoms with Crippen molar-refractivity contribution in [2.75, 3.05) is 6.54 Å². The number of urea groups is 1. The van der Waals surface area contributed by atoms with E-state index in [4.69, 9.17) is 0 Å². The second-order valence-electron chi connectivity index (χ2n) is 6.46. The molecule has 1 saturated carbocycles. The fourth-order valence-corrected chi connectivity index (χ4v) is 2.92. The SMILES string of the molecule is Cc1cccc(C)c1CCNC(=O)N[C@@H](C)c1nnnn1C1CC1. The van der Waals surface area contributed by atoms with Crippen LogP contribution in [-0.4, -0.2) is 32.8 Å². The molecule has 1 aliphatic carbocycles. The van der Waals surface area contributed by atoms with Crippen molar-refractivity contribution in [2.45, 2.75) is 52.1 Å². The molecule has 2 aromatic rings. The maximum absolute atomic E-state index is 12.1. The van der Waals surface area contributed by atoms with Gasteiger partial charge in [-0.15, -0.1) is 5.10 Å². The molecule has 7 heteroatoms. The van der Waals surface area contributed by atoms with E-state index in [1.807, 2.05) is 11.6 Å². The van der Waals surface area contributed by atoms with Gasteiger partial charge in [-0.2, -0.15) is 0 Å². The quantitative estimate of drug-likeness (QED) is 0.851. The van der Waals surface area contributed by atoms with Crippen molar-refractivity contribution in [2.24, 2.45) is 0 Å². The Morgan fingerprint density at radius 2 is 2.04 bits per heavy atom. The first-order valence-corrected chi connectivity index (χ1v) is 8.43. The highest BCUT2D eigenvalue weighted by Crippen LogP contribution is 2.35. The van der Waals surface area contributed by atoms with Gasteiger partial charge < -0.3 is 10.6 Å². The largest absolute Gasteiger partial charge is 0.338 e. The van der Waals surface area contributed by atoms with Crippen molar-refractivity contribution < 1.29 is 4.79 Å². The Balaban J connectivity index is 1.49. The zero-order chi connectivity index (χ0) is 17.1. The van der Waals surface area contributed by atoms with Crippen LogP contribution in [0.25, 0.3) is 0 Å². The second kappa shape index (κ2) is 6.98. The number of nitrogens with zero attached hydrogens (tertiary/aromatic N) is 4. The Hall–Kier alpha value is -2.44. The predicted octanol–water partition coefficient (Wildman–Crippen LogP) is 2.23. The number of aryl methyl sites for hydroxylation is 2. The lowest BCUT2D eigenvalue weighted by Gasteiger charge is -2.15. The van der Waals surface area contributed by atoms with Crippen LogP contribution in [0.2, 0.25) is 0 Å². The minimum absolute atomic E-state index is 0.195. The van der Waals surface area contributed by atoms with Crippen molar-refractivity contribution in [1.82, 2.24) is 30.8 Å². The fraction of sp³-hybridized carbons (Fsp3) is 0.529. The normalized spacial score (nSPS) is 15.1. The van der Waals surface area contributed by atoms with E-state index < -0.39 is 0 Å². The maximum Gasteiger partial charge on any atom is 0.315 e. The molecule has 1 aromatic heterocycles. The fourth-order valence-electron chi connectivity index (χ4n) is 2.92. The molecule has 0 spiro atoms. The first-order chi connectivity index (χ1) is 11.6. The predicted molar refractivity (Wildman–Crippen MR) is 90.7 cm³/mol. The van der Waals surface area contributed by atoms with Crippen LogP contribution >= 0.6 is 0 Å².